The van der Waals surface area contributed by atoms with E-state index in [1.54, 1.807) is 201 Å². The summed E-state index contributed by atoms with van der Waals surface area (Å²) in [6, 6.07) is 71.5. The SMILES string of the molecule is CC(C)(C)NC(=O)c1ccc(C(=O)Nc2ccc(Cl)c(-c3ccccn3)c2)cn1.CC(C)NC(=O)c1ccc(C(=O)Nc2ccc(Cl)c(-c3ccccn3)c2)cn1.O=C(NCc1ccc(C(=O)Nc2ccc(Cl)c(-c3ccccn3)c2)c(Cl)c1)c1ccccn1.O=C(Nc1ccc(Cl)c(-c2ccccn2)c1)c1ccc(CNC(=O)c2ccccn2)cc1. The van der Waals surface area contributed by atoms with Gasteiger partial charge in [0.25, 0.3) is 47.3 Å². The average molecular weight is 1720 g/mol. The predicted molar refractivity (Wildman–Crippen MR) is 478 cm³/mol. The highest BCUT2D eigenvalue weighted by Crippen LogP contribution is 2.34. The van der Waals surface area contributed by atoms with Crippen LogP contribution in [0.2, 0.25) is 25.1 Å². The molecule has 0 saturated heterocycles. The number of nitrogens with zero attached hydrogens (tertiary/aromatic N) is 8. The molecule has 8 heterocycles. The second kappa shape index (κ2) is 42.9. The molecule has 612 valence electrons. The number of carbonyl (C=O) groups is 8. The Bertz CT molecular complexity index is 6020. The van der Waals surface area contributed by atoms with E-state index < -0.39 is 0 Å². The normalized spacial score (nSPS) is 10.6. The van der Waals surface area contributed by atoms with Crippen molar-refractivity contribution in [2.24, 2.45) is 0 Å². The summed E-state index contributed by atoms with van der Waals surface area (Å²) in [4.78, 5) is 132. The maximum atomic E-state index is 12.8. The quantitative estimate of drug-likeness (QED) is 0.0331. The van der Waals surface area contributed by atoms with Gasteiger partial charge in [0.05, 0.1) is 64.6 Å². The number of pyridine rings is 8. The van der Waals surface area contributed by atoms with E-state index in [-0.39, 0.29) is 81.8 Å². The van der Waals surface area contributed by atoms with Gasteiger partial charge in [-0.1, -0.05) is 113 Å². The summed E-state index contributed by atoms with van der Waals surface area (Å²) in [7, 11) is 0. The molecule has 0 bridgehead atoms. The van der Waals surface area contributed by atoms with E-state index in [1.165, 1.54) is 24.5 Å². The fourth-order valence-corrected chi connectivity index (χ4v) is 12.5. The first-order chi connectivity index (χ1) is 58.8. The van der Waals surface area contributed by atoms with Crippen LogP contribution >= 0.6 is 58.0 Å². The highest BCUT2D eigenvalue weighted by atomic mass is 35.5. The summed E-state index contributed by atoms with van der Waals surface area (Å²) in [6.45, 7) is 9.98. The molecule has 8 N–H and O–H groups in total. The minimum Gasteiger partial charge on any atom is -0.349 e. The van der Waals surface area contributed by atoms with E-state index in [0.29, 0.717) is 106 Å². The molecule has 8 amide bonds. The average Bonchev–Trinajstić information content (AvgIpc) is 0.819. The van der Waals surface area contributed by atoms with E-state index >= 15 is 0 Å². The maximum Gasteiger partial charge on any atom is 0.270 e. The molecule has 6 aromatic carbocycles. The van der Waals surface area contributed by atoms with Crippen molar-refractivity contribution in [1.29, 1.82) is 0 Å². The number of rotatable bonds is 21. The van der Waals surface area contributed by atoms with Crippen molar-refractivity contribution in [3.05, 3.63) is 380 Å². The lowest BCUT2D eigenvalue weighted by molar-refractivity contribution is 0.0908. The zero-order valence-corrected chi connectivity index (χ0v) is 69.8. The zero-order chi connectivity index (χ0) is 86.7. The van der Waals surface area contributed by atoms with Gasteiger partial charge in [0, 0.05) is 125 Å². The number of amides is 8. The van der Waals surface area contributed by atoms with Crippen molar-refractivity contribution in [1.82, 2.24) is 61.1 Å². The second-order valence-corrected chi connectivity index (χ2v) is 30.0. The molecule has 122 heavy (non-hydrogen) atoms. The van der Waals surface area contributed by atoms with Crippen LogP contribution in [-0.2, 0) is 13.1 Å². The molecule has 0 fully saturated rings. The fraction of sp³-hybridized carbons (Fsp3) is 0.0968. The molecule has 0 aliphatic carbocycles. The monoisotopic (exact) mass is 1720 g/mol. The Morgan fingerprint density at radius 2 is 0.631 bits per heavy atom. The Morgan fingerprint density at radius 3 is 0.959 bits per heavy atom. The van der Waals surface area contributed by atoms with Crippen LogP contribution in [0.15, 0.2) is 298 Å². The smallest absolute Gasteiger partial charge is 0.270 e. The lowest BCUT2D eigenvalue weighted by atomic mass is 10.1. The molecular formula is C93H77Cl5N16O8. The van der Waals surface area contributed by atoms with Crippen LogP contribution in [0.3, 0.4) is 0 Å². The van der Waals surface area contributed by atoms with Crippen LogP contribution in [0.1, 0.15) is 129 Å². The number of anilines is 4. The van der Waals surface area contributed by atoms with E-state index in [4.69, 9.17) is 58.0 Å². The van der Waals surface area contributed by atoms with Crippen LogP contribution < -0.4 is 42.5 Å². The molecule has 0 aliphatic heterocycles. The second-order valence-electron chi connectivity index (χ2n) is 28.0. The topological polar surface area (TPSA) is 336 Å². The van der Waals surface area contributed by atoms with Crippen LogP contribution in [0, 0.1) is 0 Å². The zero-order valence-electron chi connectivity index (χ0n) is 66.0. The highest BCUT2D eigenvalue weighted by molar-refractivity contribution is 6.36. The summed E-state index contributed by atoms with van der Waals surface area (Å²) >= 11 is 31.5. The lowest BCUT2D eigenvalue weighted by Gasteiger charge is -2.20. The maximum absolute atomic E-state index is 12.8. The third-order valence-electron chi connectivity index (χ3n) is 17.3. The largest absolute Gasteiger partial charge is 0.349 e. The van der Waals surface area contributed by atoms with Crippen LogP contribution in [-0.4, -0.2) is 98.7 Å². The van der Waals surface area contributed by atoms with Gasteiger partial charge in [-0.2, -0.15) is 0 Å². The molecule has 24 nitrogen and oxygen atoms in total. The van der Waals surface area contributed by atoms with E-state index in [2.05, 4.69) is 82.4 Å². The standard InChI is InChI=1S/C25H18Cl2N4O2.C25H19ClN4O2.C22H21ClN4O2.C21H19ClN4O2/c26-20-10-8-17(14-19(20)22-5-1-3-11-28-22)31-24(32)18-9-7-16(13-21(18)27)15-30-25(33)23-6-2-4-12-29-23;26-21-12-11-19(15-20(21)22-5-1-3-13-27-22)30-24(31)18-9-7-17(8-10-18)16-29-25(32)23-6-2-4-14-28-23;1-22(2,3)27-21(29)19-10-7-14(13-25-19)20(28)26-15-8-9-17(23)16(12-15)18-6-4-5-11-24-18;1-13(2)25-21(28)19-9-6-14(12-24-19)20(27)26-15-7-8-17(22)16(11-15)18-5-3-4-10-23-18/h1-14H,15H2,(H,30,33)(H,31,32);1-15H,16H2,(H,29,32)(H,30,31);4-13H,1-3H3,(H,26,28)(H,27,29);3-13H,1-2H3,(H,25,28)(H,26,27). The molecule has 0 saturated carbocycles. The van der Waals surface area contributed by atoms with E-state index in [1.807, 2.05) is 107 Å². The Kier molecular flexibility index (Phi) is 31.1. The van der Waals surface area contributed by atoms with Crippen molar-refractivity contribution in [2.75, 3.05) is 21.3 Å². The number of carbonyl (C=O) groups excluding carboxylic acids is 8. The number of benzene rings is 6. The minimum atomic E-state index is -0.366. The number of aromatic nitrogens is 8. The lowest BCUT2D eigenvalue weighted by Crippen LogP contribution is -2.40. The molecule has 0 unspecified atom stereocenters. The van der Waals surface area contributed by atoms with Crippen LogP contribution in [0.5, 0.6) is 0 Å². The van der Waals surface area contributed by atoms with Crippen molar-refractivity contribution < 1.29 is 38.4 Å². The summed E-state index contributed by atoms with van der Waals surface area (Å²) < 4.78 is 0. The van der Waals surface area contributed by atoms with Gasteiger partial charge >= 0.3 is 0 Å². The van der Waals surface area contributed by atoms with Gasteiger partial charge < -0.3 is 42.5 Å². The summed E-state index contributed by atoms with van der Waals surface area (Å²) in [5, 5.41) is 25.0. The highest BCUT2D eigenvalue weighted by Gasteiger charge is 2.21. The summed E-state index contributed by atoms with van der Waals surface area (Å²) in [5.74, 6) is -2.39. The van der Waals surface area contributed by atoms with Gasteiger partial charge in [-0.25, -0.2) is 0 Å². The predicted octanol–water partition coefficient (Wildman–Crippen LogP) is 19.4. The molecule has 14 aromatic rings. The Morgan fingerprint density at radius 1 is 0.303 bits per heavy atom. The molecule has 0 atom stereocenters. The first-order valence-corrected chi connectivity index (χ1v) is 39.6. The van der Waals surface area contributed by atoms with E-state index in [9.17, 15) is 38.4 Å². The molecule has 0 aliphatic rings. The number of halogens is 5. The molecule has 8 aromatic heterocycles. The van der Waals surface area contributed by atoms with Crippen molar-refractivity contribution >= 4 is 128 Å². The summed E-state index contributed by atoms with van der Waals surface area (Å²) in [6.07, 6.45) is 12.6. The van der Waals surface area contributed by atoms with Gasteiger partial charge in [0.15, 0.2) is 0 Å². The molecular weight excluding hydrogens is 1650 g/mol. The molecule has 0 spiro atoms. The first kappa shape index (κ1) is 88.5. The van der Waals surface area contributed by atoms with Crippen LogP contribution in [0.4, 0.5) is 22.7 Å². The van der Waals surface area contributed by atoms with Crippen molar-refractivity contribution in [3.63, 3.8) is 0 Å². The molecule has 14 rings (SSSR count). The van der Waals surface area contributed by atoms with Gasteiger partial charge in [0.2, 0.25) is 0 Å². The third kappa shape index (κ3) is 25.9. The Labute approximate surface area is 727 Å². The van der Waals surface area contributed by atoms with Crippen molar-refractivity contribution in [3.8, 4) is 45.0 Å². The molecule has 29 heteroatoms. The van der Waals surface area contributed by atoms with E-state index in [0.717, 1.165) is 33.5 Å². The minimum absolute atomic E-state index is 0.00970. The molecule has 0 radical (unpaired) electrons. The third-order valence-corrected chi connectivity index (χ3v) is 18.9. The van der Waals surface area contributed by atoms with Gasteiger partial charge in [-0.15, -0.1) is 0 Å². The van der Waals surface area contributed by atoms with Gasteiger partial charge in [-0.3, -0.25) is 78.2 Å². The fourth-order valence-electron chi connectivity index (χ4n) is 11.3. The Hall–Kier alpha value is -14.3. The van der Waals surface area contributed by atoms with Crippen LogP contribution in [0.25, 0.3) is 45.0 Å². The number of hydrogen-bond donors (Lipinski definition) is 8. The van der Waals surface area contributed by atoms with Crippen molar-refractivity contribution in [2.45, 2.75) is 59.3 Å². The Balaban J connectivity index is 0.000000159. The van der Waals surface area contributed by atoms with Gasteiger partial charge in [-0.05, 0) is 240 Å². The summed E-state index contributed by atoms with van der Waals surface area (Å²) in [5.41, 5.74) is 12.0. The van der Waals surface area contributed by atoms with Gasteiger partial charge in [0.1, 0.15) is 22.8 Å². The number of nitrogens with one attached hydrogen (secondary N) is 8. The first-order valence-electron chi connectivity index (χ1n) is 37.7. The number of hydrogen-bond acceptors (Lipinski definition) is 16.